The number of rotatable bonds is 4. The second kappa shape index (κ2) is 6.49. The molecule has 0 saturated carbocycles. The van der Waals surface area contributed by atoms with Crippen LogP contribution < -0.4 is 5.32 Å². The van der Waals surface area contributed by atoms with Gasteiger partial charge in [0.1, 0.15) is 5.82 Å². The number of thioether (sulfide) groups is 1. The van der Waals surface area contributed by atoms with Crippen molar-refractivity contribution in [1.82, 2.24) is 14.8 Å². The molecule has 2 rings (SSSR count). The molecule has 1 amide bonds. The van der Waals surface area contributed by atoms with Crippen LogP contribution >= 0.6 is 23.4 Å². The van der Waals surface area contributed by atoms with Crippen molar-refractivity contribution in [3.63, 3.8) is 0 Å². The number of hydrogen-bond acceptors (Lipinski definition) is 4. The molecule has 0 fully saturated rings. The normalized spacial score (nSPS) is 10.7. The number of benzene rings is 1. The Bertz CT molecular complexity index is 661. The first kappa shape index (κ1) is 15.9. The van der Waals surface area contributed by atoms with Crippen LogP contribution in [0, 0.1) is 20.8 Å². The highest BCUT2D eigenvalue weighted by molar-refractivity contribution is 7.99. The van der Waals surface area contributed by atoms with E-state index in [1.807, 2.05) is 44.5 Å². The molecular formula is C14H17ClN4OS. The molecular weight excluding hydrogens is 308 g/mol. The third-order valence-electron chi connectivity index (χ3n) is 3.08. The number of nitrogens with one attached hydrogen (secondary N) is 1. The van der Waals surface area contributed by atoms with Crippen LogP contribution in [-0.2, 0) is 11.8 Å². The molecule has 1 aromatic heterocycles. The molecule has 1 N–H and O–H groups in total. The number of hydrogen-bond donors (Lipinski definition) is 1. The Kier molecular flexibility index (Phi) is 4.90. The third kappa shape index (κ3) is 3.77. The van der Waals surface area contributed by atoms with Crippen molar-refractivity contribution < 1.29 is 4.79 Å². The summed E-state index contributed by atoms with van der Waals surface area (Å²) >= 11 is 7.52. The molecule has 7 heteroatoms. The number of carbonyl (C=O) groups excluding carboxylic acids is 1. The van der Waals surface area contributed by atoms with Crippen LogP contribution in [0.4, 0.5) is 5.69 Å². The summed E-state index contributed by atoms with van der Waals surface area (Å²) in [5, 5.41) is 12.1. The summed E-state index contributed by atoms with van der Waals surface area (Å²) in [5.41, 5.74) is 2.69. The average Bonchev–Trinajstić information content (AvgIpc) is 2.72. The van der Waals surface area contributed by atoms with Crippen LogP contribution in [0.15, 0.2) is 17.3 Å². The first-order chi connectivity index (χ1) is 9.88. The number of anilines is 1. The van der Waals surface area contributed by atoms with Crippen LogP contribution in [0.2, 0.25) is 5.02 Å². The molecule has 0 aliphatic heterocycles. The van der Waals surface area contributed by atoms with Gasteiger partial charge in [-0.1, -0.05) is 29.4 Å². The zero-order valence-electron chi connectivity index (χ0n) is 12.4. The van der Waals surface area contributed by atoms with Crippen LogP contribution in [-0.4, -0.2) is 26.4 Å². The van der Waals surface area contributed by atoms with E-state index in [4.69, 9.17) is 11.6 Å². The maximum Gasteiger partial charge on any atom is 0.234 e. The predicted octanol–water partition coefficient (Wildman–Crippen LogP) is 3.12. The molecule has 1 heterocycles. The Morgan fingerprint density at radius 2 is 2.05 bits per heavy atom. The van der Waals surface area contributed by atoms with Crippen LogP contribution in [0.25, 0.3) is 0 Å². The number of halogens is 1. The number of nitrogens with zero attached hydrogens (tertiary/aromatic N) is 3. The van der Waals surface area contributed by atoms with Gasteiger partial charge in [-0.3, -0.25) is 4.79 Å². The molecule has 0 unspecified atom stereocenters. The minimum absolute atomic E-state index is 0.116. The topological polar surface area (TPSA) is 59.8 Å². The van der Waals surface area contributed by atoms with Gasteiger partial charge in [0.25, 0.3) is 0 Å². The molecule has 21 heavy (non-hydrogen) atoms. The van der Waals surface area contributed by atoms with E-state index in [9.17, 15) is 4.79 Å². The third-order valence-corrected chi connectivity index (χ3v) is 4.40. The van der Waals surface area contributed by atoms with Gasteiger partial charge in [-0.2, -0.15) is 0 Å². The van der Waals surface area contributed by atoms with Gasteiger partial charge in [0, 0.05) is 7.05 Å². The SMILES string of the molecule is Cc1cc(C)c(NC(=O)CSc2nnc(C)n2C)c(Cl)c1. The average molecular weight is 325 g/mol. The van der Waals surface area contributed by atoms with Crippen molar-refractivity contribution in [2.75, 3.05) is 11.1 Å². The first-order valence-corrected chi connectivity index (χ1v) is 7.80. The molecule has 2 aromatic rings. The summed E-state index contributed by atoms with van der Waals surface area (Å²) in [6.45, 7) is 5.76. The lowest BCUT2D eigenvalue weighted by Gasteiger charge is -2.11. The second-order valence-electron chi connectivity index (χ2n) is 4.86. The number of amides is 1. The van der Waals surface area contributed by atoms with E-state index in [0.29, 0.717) is 10.7 Å². The molecule has 0 aliphatic carbocycles. The van der Waals surface area contributed by atoms with E-state index in [-0.39, 0.29) is 11.7 Å². The second-order valence-corrected chi connectivity index (χ2v) is 6.21. The van der Waals surface area contributed by atoms with Crippen molar-refractivity contribution in [3.8, 4) is 0 Å². The lowest BCUT2D eigenvalue weighted by atomic mass is 10.1. The maximum atomic E-state index is 12.0. The van der Waals surface area contributed by atoms with Crippen LogP contribution in [0.1, 0.15) is 17.0 Å². The Morgan fingerprint density at radius 3 is 2.62 bits per heavy atom. The van der Waals surface area contributed by atoms with Crippen molar-refractivity contribution in [1.29, 1.82) is 0 Å². The van der Waals surface area contributed by atoms with Gasteiger partial charge in [-0.25, -0.2) is 0 Å². The number of aryl methyl sites for hydroxylation is 3. The standard InChI is InChI=1S/C14H17ClN4OS/c1-8-5-9(2)13(11(15)6-8)16-12(20)7-21-14-18-17-10(3)19(14)4/h5-6H,7H2,1-4H3,(H,16,20). The molecule has 1 aromatic carbocycles. The Balaban J connectivity index is 2.01. The fourth-order valence-electron chi connectivity index (χ4n) is 1.89. The fraction of sp³-hybridized carbons (Fsp3) is 0.357. The van der Waals surface area contributed by atoms with Crippen molar-refractivity contribution in [3.05, 3.63) is 34.1 Å². The van der Waals surface area contributed by atoms with Gasteiger partial charge >= 0.3 is 0 Å². The Labute approximate surface area is 133 Å². The zero-order valence-corrected chi connectivity index (χ0v) is 14.0. The number of carbonyl (C=O) groups is 1. The maximum absolute atomic E-state index is 12.0. The minimum atomic E-state index is -0.116. The van der Waals surface area contributed by atoms with Crippen molar-refractivity contribution in [2.45, 2.75) is 25.9 Å². The molecule has 0 atom stereocenters. The monoisotopic (exact) mass is 324 g/mol. The van der Waals surface area contributed by atoms with Gasteiger partial charge in [-0.05, 0) is 38.0 Å². The highest BCUT2D eigenvalue weighted by Gasteiger charge is 2.12. The molecule has 5 nitrogen and oxygen atoms in total. The molecule has 0 saturated heterocycles. The Hall–Kier alpha value is -1.53. The van der Waals surface area contributed by atoms with Gasteiger partial charge in [-0.15, -0.1) is 10.2 Å². The van der Waals surface area contributed by atoms with Crippen molar-refractivity contribution in [2.24, 2.45) is 7.05 Å². The highest BCUT2D eigenvalue weighted by Crippen LogP contribution is 2.27. The fourth-order valence-corrected chi connectivity index (χ4v) is 3.02. The van der Waals surface area contributed by atoms with E-state index < -0.39 is 0 Å². The van der Waals surface area contributed by atoms with Gasteiger partial charge in [0.05, 0.1) is 16.5 Å². The molecule has 0 bridgehead atoms. The van der Waals surface area contributed by atoms with E-state index in [0.717, 1.165) is 22.1 Å². The van der Waals surface area contributed by atoms with Gasteiger partial charge in [0.15, 0.2) is 5.16 Å². The largest absolute Gasteiger partial charge is 0.324 e. The zero-order chi connectivity index (χ0) is 15.6. The summed E-state index contributed by atoms with van der Waals surface area (Å²) < 4.78 is 1.85. The number of aromatic nitrogens is 3. The summed E-state index contributed by atoms with van der Waals surface area (Å²) in [6, 6.07) is 3.82. The summed E-state index contributed by atoms with van der Waals surface area (Å²) in [7, 11) is 1.87. The Morgan fingerprint density at radius 1 is 1.33 bits per heavy atom. The first-order valence-electron chi connectivity index (χ1n) is 6.44. The predicted molar refractivity (Wildman–Crippen MR) is 86.0 cm³/mol. The molecule has 0 spiro atoms. The lowest BCUT2D eigenvalue weighted by molar-refractivity contribution is -0.113. The summed E-state index contributed by atoms with van der Waals surface area (Å²) in [5.74, 6) is 0.958. The minimum Gasteiger partial charge on any atom is -0.324 e. The highest BCUT2D eigenvalue weighted by atomic mass is 35.5. The van der Waals surface area contributed by atoms with Crippen LogP contribution in [0.3, 0.4) is 0 Å². The molecule has 0 radical (unpaired) electrons. The van der Waals surface area contributed by atoms with E-state index >= 15 is 0 Å². The lowest BCUT2D eigenvalue weighted by Crippen LogP contribution is -2.15. The smallest absolute Gasteiger partial charge is 0.234 e. The van der Waals surface area contributed by atoms with Crippen molar-refractivity contribution >= 4 is 35.0 Å². The van der Waals surface area contributed by atoms with E-state index in [2.05, 4.69) is 15.5 Å². The summed E-state index contributed by atoms with van der Waals surface area (Å²) in [4.78, 5) is 12.0. The van der Waals surface area contributed by atoms with E-state index in [1.54, 1.807) is 0 Å². The van der Waals surface area contributed by atoms with Gasteiger partial charge in [0.2, 0.25) is 5.91 Å². The quantitative estimate of drug-likeness (QED) is 0.878. The van der Waals surface area contributed by atoms with Gasteiger partial charge < -0.3 is 9.88 Å². The molecule has 112 valence electrons. The van der Waals surface area contributed by atoms with Crippen LogP contribution in [0.5, 0.6) is 0 Å². The van der Waals surface area contributed by atoms with E-state index in [1.165, 1.54) is 11.8 Å². The molecule has 0 aliphatic rings. The summed E-state index contributed by atoms with van der Waals surface area (Å²) in [6.07, 6.45) is 0.